The Hall–Kier alpha value is -0.730. The molecule has 0 unspecified atom stereocenters. The van der Waals surface area contributed by atoms with Gasteiger partial charge in [0.2, 0.25) is 0 Å². The lowest BCUT2D eigenvalue weighted by molar-refractivity contribution is -0.247. The number of rotatable bonds is 1. The molecule has 1 aliphatic carbocycles. The molecule has 4 aliphatic heterocycles. The molecule has 5 aliphatic rings. The van der Waals surface area contributed by atoms with Crippen LogP contribution in [-0.2, 0) is 33.2 Å². The normalized spacial score (nSPS) is 51.5. The molecule has 0 N–H and O–H groups in total. The second-order valence-corrected chi connectivity index (χ2v) is 9.19. The molecule has 1 spiro atoms. The van der Waals surface area contributed by atoms with Gasteiger partial charge in [0.15, 0.2) is 17.9 Å². The number of hydrogen-bond acceptors (Lipinski definition) is 7. The number of esters is 1. The maximum Gasteiger partial charge on any atom is 0.306 e. The molecule has 1 saturated carbocycles. The molecule has 4 heterocycles. The summed E-state index contributed by atoms with van der Waals surface area (Å²) in [7, 11) is 0. The highest BCUT2D eigenvalue weighted by atomic mass is 16.8. The maximum atomic E-state index is 12.1. The molecule has 7 heteroatoms. The Kier molecular flexibility index (Phi) is 3.62. The zero-order valence-corrected chi connectivity index (χ0v) is 15.9. The minimum Gasteiger partial charge on any atom is -0.462 e. The van der Waals surface area contributed by atoms with E-state index in [1.54, 1.807) is 0 Å². The van der Waals surface area contributed by atoms with Gasteiger partial charge in [-0.25, -0.2) is 0 Å². The van der Waals surface area contributed by atoms with Gasteiger partial charge in [0.25, 0.3) is 0 Å². The highest BCUT2D eigenvalue weighted by Crippen LogP contribution is 2.61. The fourth-order valence-electron chi connectivity index (χ4n) is 5.83. The third-order valence-corrected chi connectivity index (χ3v) is 6.67. The lowest BCUT2D eigenvalue weighted by Crippen LogP contribution is -2.56. The van der Waals surface area contributed by atoms with Crippen molar-refractivity contribution in [2.24, 2.45) is 11.3 Å². The summed E-state index contributed by atoms with van der Waals surface area (Å²) in [5, 5.41) is 0. The van der Waals surface area contributed by atoms with E-state index < -0.39 is 17.9 Å². The van der Waals surface area contributed by atoms with Crippen LogP contribution in [0.15, 0.2) is 0 Å². The van der Waals surface area contributed by atoms with Crippen LogP contribution in [-0.4, -0.2) is 54.9 Å². The predicted octanol–water partition coefficient (Wildman–Crippen LogP) is 2.12. The molecule has 0 aromatic rings. The maximum absolute atomic E-state index is 12.1. The molecule has 26 heavy (non-hydrogen) atoms. The Morgan fingerprint density at radius 1 is 0.962 bits per heavy atom. The quantitative estimate of drug-likeness (QED) is 0.657. The number of ether oxygens (including phenoxy) is 6. The Labute approximate surface area is 153 Å². The second-order valence-electron chi connectivity index (χ2n) is 9.19. The van der Waals surface area contributed by atoms with Crippen molar-refractivity contribution in [2.45, 2.75) is 95.7 Å². The van der Waals surface area contributed by atoms with Gasteiger partial charge in [0.1, 0.15) is 18.3 Å². The molecule has 0 aromatic carbocycles. The average molecular weight is 368 g/mol. The Morgan fingerprint density at radius 3 is 2.50 bits per heavy atom. The highest BCUT2D eigenvalue weighted by molar-refractivity contribution is 5.72. The van der Waals surface area contributed by atoms with Crippen LogP contribution in [0, 0.1) is 11.3 Å². The minimum atomic E-state index is -0.698. The summed E-state index contributed by atoms with van der Waals surface area (Å²) in [6.07, 6.45) is 2.01. The first-order valence-electron chi connectivity index (χ1n) is 9.73. The van der Waals surface area contributed by atoms with Crippen molar-refractivity contribution >= 4 is 5.97 Å². The van der Waals surface area contributed by atoms with Gasteiger partial charge < -0.3 is 28.4 Å². The van der Waals surface area contributed by atoms with Gasteiger partial charge in [-0.15, -0.1) is 0 Å². The fraction of sp³-hybridized carbons (Fsp3) is 0.947. The molecule has 7 atom stereocenters. The zero-order chi connectivity index (χ0) is 18.3. The average Bonchev–Trinajstić information content (AvgIpc) is 3.23. The summed E-state index contributed by atoms with van der Waals surface area (Å²) in [5.74, 6) is -1.39. The van der Waals surface area contributed by atoms with E-state index in [1.165, 1.54) is 0 Å². The van der Waals surface area contributed by atoms with Gasteiger partial charge in [0, 0.05) is 11.3 Å². The van der Waals surface area contributed by atoms with Crippen LogP contribution in [0.5, 0.6) is 0 Å². The van der Waals surface area contributed by atoms with Crippen molar-refractivity contribution in [2.75, 3.05) is 6.61 Å². The van der Waals surface area contributed by atoms with Crippen molar-refractivity contribution in [3.63, 3.8) is 0 Å². The Morgan fingerprint density at radius 2 is 1.77 bits per heavy atom. The van der Waals surface area contributed by atoms with Gasteiger partial charge in [-0.2, -0.15) is 0 Å². The van der Waals surface area contributed by atoms with E-state index in [4.69, 9.17) is 28.4 Å². The van der Waals surface area contributed by atoms with Crippen LogP contribution < -0.4 is 0 Å². The second kappa shape index (κ2) is 5.41. The van der Waals surface area contributed by atoms with E-state index in [0.29, 0.717) is 13.0 Å². The van der Waals surface area contributed by atoms with Crippen LogP contribution in [0.4, 0.5) is 0 Å². The number of fused-ring (bicyclic) bond motifs is 4. The van der Waals surface area contributed by atoms with E-state index in [0.717, 1.165) is 19.3 Å². The zero-order valence-electron chi connectivity index (χ0n) is 15.9. The van der Waals surface area contributed by atoms with Crippen LogP contribution in [0.3, 0.4) is 0 Å². The summed E-state index contributed by atoms with van der Waals surface area (Å²) in [6.45, 7) is 8.11. The molecular formula is C19H28O7. The number of carbonyl (C=O) groups is 1. The molecule has 0 radical (unpaired) electrons. The monoisotopic (exact) mass is 368 g/mol. The van der Waals surface area contributed by atoms with E-state index in [9.17, 15) is 4.79 Å². The van der Waals surface area contributed by atoms with E-state index in [-0.39, 0.29) is 41.7 Å². The van der Waals surface area contributed by atoms with Crippen molar-refractivity contribution in [1.82, 2.24) is 0 Å². The van der Waals surface area contributed by atoms with Crippen molar-refractivity contribution in [1.29, 1.82) is 0 Å². The summed E-state index contributed by atoms with van der Waals surface area (Å²) >= 11 is 0. The van der Waals surface area contributed by atoms with Crippen molar-refractivity contribution in [3.05, 3.63) is 0 Å². The number of carbonyl (C=O) groups excluding carboxylic acids is 1. The third-order valence-electron chi connectivity index (χ3n) is 6.67. The van der Waals surface area contributed by atoms with Gasteiger partial charge in [-0.3, -0.25) is 4.79 Å². The first-order chi connectivity index (χ1) is 12.2. The summed E-state index contributed by atoms with van der Waals surface area (Å²) in [4.78, 5) is 12.1. The smallest absolute Gasteiger partial charge is 0.306 e. The Balaban J connectivity index is 1.54. The largest absolute Gasteiger partial charge is 0.462 e. The molecule has 4 saturated heterocycles. The first-order valence-corrected chi connectivity index (χ1v) is 9.73. The van der Waals surface area contributed by atoms with Crippen LogP contribution in [0.1, 0.15) is 53.4 Å². The lowest BCUT2D eigenvalue weighted by atomic mass is 9.58. The minimum absolute atomic E-state index is 0.0635. The lowest BCUT2D eigenvalue weighted by Gasteiger charge is -2.48. The van der Waals surface area contributed by atoms with Crippen molar-refractivity contribution in [3.8, 4) is 0 Å². The third kappa shape index (κ3) is 2.41. The summed E-state index contributed by atoms with van der Waals surface area (Å²) < 4.78 is 36.4. The number of hydrogen-bond donors (Lipinski definition) is 0. The predicted molar refractivity (Wildman–Crippen MR) is 87.9 cm³/mol. The van der Waals surface area contributed by atoms with Crippen LogP contribution in [0.25, 0.3) is 0 Å². The van der Waals surface area contributed by atoms with Gasteiger partial charge >= 0.3 is 5.97 Å². The SMILES string of the molecule is CC1(C)OC[C@H]([C@H]2O[C@@H]3OC(C)(C)O[C@@H]3[C@@]23CCC[C@@H]2OC(=O)C[C@H]23)O1. The molecule has 0 aromatic heterocycles. The molecule has 146 valence electrons. The van der Waals surface area contributed by atoms with Crippen molar-refractivity contribution < 1.29 is 33.2 Å². The standard InChI is InChI=1S/C19H28O7/c1-17(2)21-9-12(24-17)14-19(15-16(23-14)26-18(3,4)25-15)7-5-6-11-10(19)8-13(20)22-11/h10-12,14-16H,5-9H2,1-4H3/t10-,11+,12-,14-,15+,16-,19-/m1/s1. The topological polar surface area (TPSA) is 72.5 Å². The van der Waals surface area contributed by atoms with Crippen LogP contribution in [0.2, 0.25) is 0 Å². The summed E-state index contributed by atoms with van der Waals surface area (Å²) in [6, 6.07) is 0. The fourth-order valence-corrected chi connectivity index (χ4v) is 5.83. The van der Waals surface area contributed by atoms with Gasteiger partial charge in [-0.05, 0) is 47.0 Å². The first kappa shape index (κ1) is 17.4. The van der Waals surface area contributed by atoms with E-state index in [2.05, 4.69) is 0 Å². The highest BCUT2D eigenvalue weighted by Gasteiger charge is 2.71. The van der Waals surface area contributed by atoms with Gasteiger partial charge in [-0.1, -0.05) is 0 Å². The molecule has 0 bridgehead atoms. The molecule has 0 amide bonds. The molecule has 5 fully saturated rings. The van der Waals surface area contributed by atoms with Gasteiger partial charge in [0.05, 0.1) is 19.1 Å². The van der Waals surface area contributed by atoms with E-state index in [1.807, 2.05) is 27.7 Å². The molecule has 5 rings (SSSR count). The summed E-state index contributed by atoms with van der Waals surface area (Å²) in [5.41, 5.74) is -0.359. The molecular weight excluding hydrogens is 340 g/mol. The molecule has 7 nitrogen and oxygen atoms in total. The Bertz CT molecular complexity index is 617. The van der Waals surface area contributed by atoms with Crippen LogP contribution >= 0.6 is 0 Å². The van der Waals surface area contributed by atoms with E-state index >= 15 is 0 Å².